The Hall–Kier alpha value is -2.53. The fourth-order valence-corrected chi connectivity index (χ4v) is 2.02. The van der Waals surface area contributed by atoms with Gasteiger partial charge in [-0.15, -0.1) is 0 Å². The molecule has 114 valence electrons. The lowest BCUT2D eigenvalue weighted by molar-refractivity contribution is -0.119. The van der Waals surface area contributed by atoms with Gasteiger partial charge < -0.3 is 15.2 Å². The molecule has 0 saturated heterocycles. The van der Waals surface area contributed by atoms with Crippen molar-refractivity contribution in [3.63, 3.8) is 0 Å². The number of esters is 1. The molecule has 2 rings (SSSR count). The molecule has 0 fully saturated rings. The maximum atomic E-state index is 12.3. The normalized spacial score (nSPS) is 10.1. The van der Waals surface area contributed by atoms with E-state index in [9.17, 15) is 9.59 Å². The van der Waals surface area contributed by atoms with Crippen LogP contribution >= 0.6 is 11.6 Å². The minimum atomic E-state index is -0.628. The number of amides is 1. The zero-order valence-electron chi connectivity index (χ0n) is 11.8. The Morgan fingerprint density at radius 3 is 2.55 bits per heavy atom. The number of primary amides is 1. The Morgan fingerprint density at radius 1 is 1.14 bits per heavy atom. The van der Waals surface area contributed by atoms with Gasteiger partial charge >= 0.3 is 5.97 Å². The maximum absolute atomic E-state index is 12.3. The van der Waals surface area contributed by atoms with Gasteiger partial charge in [0, 0.05) is 5.02 Å². The maximum Gasteiger partial charge on any atom is 0.347 e. The highest BCUT2D eigenvalue weighted by atomic mass is 35.5. The van der Waals surface area contributed by atoms with E-state index in [-0.39, 0.29) is 17.9 Å². The van der Waals surface area contributed by atoms with E-state index in [0.717, 1.165) is 5.56 Å². The van der Waals surface area contributed by atoms with Gasteiger partial charge in [-0.05, 0) is 42.8 Å². The summed E-state index contributed by atoms with van der Waals surface area (Å²) in [6, 6.07) is 11.4. The molecule has 5 nitrogen and oxygen atoms in total. The van der Waals surface area contributed by atoms with Crippen molar-refractivity contribution < 1.29 is 19.1 Å². The Morgan fingerprint density at radius 2 is 1.86 bits per heavy atom. The number of benzene rings is 2. The second kappa shape index (κ2) is 6.95. The molecule has 0 aliphatic carbocycles. The van der Waals surface area contributed by atoms with Crippen molar-refractivity contribution in [1.29, 1.82) is 0 Å². The minimum absolute atomic E-state index is 0.207. The zero-order chi connectivity index (χ0) is 16.1. The average Bonchev–Trinajstić information content (AvgIpc) is 2.48. The molecule has 2 N–H and O–H groups in total. The first-order chi connectivity index (χ1) is 10.5. The third kappa shape index (κ3) is 3.99. The van der Waals surface area contributed by atoms with E-state index in [1.807, 2.05) is 0 Å². The first-order valence-electron chi connectivity index (χ1n) is 6.46. The van der Waals surface area contributed by atoms with Crippen molar-refractivity contribution in [3.05, 3.63) is 58.6 Å². The second-order valence-electron chi connectivity index (χ2n) is 4.55. The fraction of sp³-hybridized carbons (Fsp3) is 0.125. The van der Waals surface area contributed by atoms with E-state index >= 15 is 0 Å². The molecule has 0 spiro atoms. The summed E-state index contributed by atoms with van der Waals surface area (Å²) >= 11 is 5.86. The monoisotopic (exact) mass is 319 g/mol. The van der Waals surface area contributed by atoms with Crippen LogP contribution in [0.4, 0.5) is 0 Å². The lowest BCUT2D eigenvalue weighted by Gasteiger charge is -2.11. The van der Waals surface area contributed by atoms with Gasteiger partial charge in [0.2, 0.25) is 0 Å². The van der Waals surface area contributed by atoms with Crippen molar-refractivity contribution >= 4 is 23.5 Å². The predicted octanol–water partition coefficient (Wildman–Crippen LogP) is 2.73. The molecule has 0 saturated carbocycles. The van der Waals surface area contributed by atoms with Crippen molar-refractivity contribution in [2.24, 2.45) is 5.73 Å². The first-order valence-corrected chi connectivity index (χ1v) is 6.83. The van der Waals surface area contributed by atoms with Crippen molar-refractivity contribution in [2.45, 2.75) is 6.92 Å². The minimum Gasteiger partial charge on any atom is -0.483 e. The van der Waals surface area contributed by atoms with Gasteiger partial charge in [0.05, 0.1) is 0 Å². The third-order valence-corrected chi connectivity index (χ3v) is 3.05. The number of hydrogen-bond donors (Lipinski definition) is 1. The van der Waals surface area contributed by atoms with Crippen LogP contribution in [-0.4, -0.2) is 18.5 Å². The van der Waals surface area contributed by atoms with Crippen LogP contribution in [0.2, 0.25) is 5.02 Å². The topological polar surface area (TPSA) is 78.6 Å². The molecule has 2 aromatic rings. The van der Waals surface area contributed by atoms with E-state index < -0.39 is 11.9 Å². The number of aryl methyl sites for hydroxylation is 1. The van der Waals surface area contributed by atoms with Gasteiger partial charge in [-0.2, -0.15) is 0 Å². The van der Waals surface area contributed by atoms with Crippen molar-refractivity contribution in [3.8, 4) is 11.5 Å². The van der Waals surface area contributed by atoms with Gasteiger partial charge in [-0.25, -0.2) is 4.79 Å². The Balaban J connectivity index is 2.20. The highest BCUT2D eigenvalue weighted by Crippen LogP contribution is 2.25. The lowest BCUT2D eigenvalue weighted by atomic mass is 10.2. The SMILES string of the molecule is Cc1cc(Cl)ccc1OC(=O)c1ccccc1OCC(N)=O. The van der Waals surface area contributed by atoms with Crippen LogP contribution in [0.5, 0.6) is 11.5 Å². The number of hydrogen-bond acceptors (Lipinski definition) is 4. The standard InChI is InChI=1S/C16H14ClNO4/c1-10-8-11(17)6-7-13(10)22-16(20)12-4-2-3-5-14(12)21-9-15(18)19/h2-8H,9H2,1H3,(H2,18,19). The average molecular weight is 320 g/mol. The summed E-state index contributed by atoms with van der Waals surface area (Å²) in [5.74, 6) is -0.584. The molecule has 0 radical (unpaired) electrons. The van der Waals surface area contributed by atoms with Crippen LogP contribution < -0.4 is 15.2 Å². The number of nitrogens with two attached hydrogens (primary N) is 1. The lowest BCUT2D eigenvalue weighted by Crippen LogP contribution is -2.21. The summed E-state index contributed by atoms with van der Waals surface area (Å²) in [5, 5.41) is 0.558. The molecule has 0 heterocycles. The van der Waals surface area contributed by atoms with Crippen LogP contribution in [0.25, 0.3) is 0 Å². The molecule has 1 amide bonds. The third-order valence-electron chi connectivity index (χ3n) is 2.82. The van der Waals surface area contributed by atoms with Crippen molar-refractivity contribution in [2.75, 3.05) is 6.61 Å². The molecule has 0 atom stereocenters. The van der Waals surface area contributed by atoms with Gasteiger partial charge in [-0.3, -0.25) is 4.79 Å². The van der Waals surface area contributed by atoms with E-state index in [4.69, 9.17) is 26.8 Å². The van der Waals surface area contributed by atoms with Crippen LogP contribution in [0.1, 0.15) is 15.9 Å². The smallest absolute Gasteiger partial charge is 0.347 e. The van der Waals surface area contributed by atoms with Crippen LogP contribution in [-0.2, 0) is 4.79 Å². The van der Waals surface area contributed by atoms with Gasteiger partial charge in [0.25, 0.3) is 5.91 Å². The van der Waals surface area contributed by atoms with Crippen LogP contribution in [0.15, 0.2) is 42.5 Å². The largest absolute Gasteiger partial charge is 0.483 e. The van der Waals surface area contributed by atoms with E-state index in [0.29, 0.717) is 10.8 Å². The van der Waals surface area contributed by atoms with E-state index in [2.05, 4.69) is 0 Å². The quantitative estimate of drug-likeness (QED) is 0.679. The molecule has 6 heteroatoms. The summed E-state index contributed by atoms with van der Waals surface area (Å²) in [7, 11) is 0. The predicted molar refractivity (Wildman–Crippen MR) is 82.3 cm³/mol. The number of halogens is 1. The van der Waals surface area contributed by atoms with Gasteiger partial charge in [0.15, 0.2) is 6.61 Å². The number of rotatable bonds is 5. The molecule has 0 aliphatic rings. The summed E-state index contributed by atoms with van der Waals surface area (Å²) in [5.41, 5.74) is 5.97. The van der Waals surface area contributed by atoms with Gasteiger partial charge in [-0.1, -0.05) is 23.7 Å². The summed E-state index contributed by atoms with van der Waals surface area (Å²) in [6.07, 6.45) is 0. The molecular weight excluding hydrogens is 306 g/mol. The molecule has 0 unspecified atom stereocenters. The molecule has 22 heavy (non-hydrogen) atoms. The Bertz CT molecular complexity index is 715. The molecular formula is C16H14ClNO4. The Kier molecular flexibility index (Phi) is 5.01. The number of carbonyl (C=O) groups is 2. The van der Waals surface area contributed by atoms with Crippen molar-refractivity contribution in [1.82, 2.24) is 0 Å². The number of ether oxygens (including phenoxy) is 2. The zero-order valence-corrected chi connectivity index (χ0v) is 12.6. The molecule has 0 aromatic heterocycles. The van der Waals surface area contributed by atoms with E-state index in [1.54, 1.807) is 49.4 Å². The summed E-state index contributed by atoms with van der Waals surface area (Å²) < 4.78 is 10.6. The first kappa shape index (κ1) is 15.9. The highest BCUT2D eigenvalue weighted by molar-refractivity contribution is 6.30. The molecule has 2 aromatic carbocycles. The summed E-state index contributed by atoms with van der Waals surface area (Å²) in [4.78, 5) is 23.1. The fourth-order valence-electron chi connectivity index (χ4n) is 1.79. The number of carbonyl (C=O) groups excluding carboxylic acids is 2. The van der Waals surface area contributed by atoms with Gasteiger partial charge in [0.1, 0.15) is 17.1 Å². The second-order valence-corrected chi connectivity index (χ2v) is 4.99. The molecule has 0 aliphatic heterocycles. The molecule has 0 bridgehead atoms. The van der Waals surface area contributed by atoms with Crippen LogP contribution in [0, 0.1) is 6.92 Å². The van der Waals surface area contributed by atoms with E-state index in [1.165, 1.54) is 0 Å². The number of para-hydroxylation sites is 1. The highest BCUT2D eigenvalue weighted by Gasteiger charge is 2.16. The van der Waals surface area contributed by atoms with Crippen LogP contribution in [0.3, 0.4) is 0 Å². The Labute approximate surface area is 132 Å². The summed E-state index contributed by atoms with van der Waals surface area (Å²) in [6.45, 7) is 1.47.